The summed E-state index contributed by atoms with van der Waals surface area (Å²) in [5, 5.41) is 2.33. The Morgan fingerprint density at radius 3 is 2.50 bits per heavy atom. The molecular formula is C12H16N2OS. The fourth-order valence-corrected chi connectivity index (χ4v) is 1.54. The van der Waals surface area contributed by atoms with Crippen molar-refractivity contribution in [3.8, 4) is 5.75 Å². The van der Waals surface area contributed by atoms with Crippen LogP contribution < -0.4 is 4.74 Å². The van der Waals surface area contributed by atoms with Gasteiger partial charge in [0.2, 0.25) is 0 Å². The van der Waals surface area contributed by atoms with Crippen molar-refractivity contribution >= 4 is 23.1 Å². The summed E-state index contributed by atoms with van der Waals surface area (Å²) < 4.78 is 5.73. The molecule has 1 aromatic rings. The molecule has 0 aliphatic carbocycles. The molecule has 16 heavy (non-hydrogen) atoms. The van der Waals surface area contributed by atoms with Crippen LogP contribution in [0.3, 0.4) is 0 Å². The fraction of sp³-hybridized carbons (Fsp3) is 0.417. The Bertz CT molecular complexity index is 369. The van der Waals surface area contributed by atoms with Crippen LogP contribution in [0.25, 0.3) is 0 Å². The van der Waals surface area contributed by atoms with Crippen molar-refractivity contribution in [2.24, 2.45) is 4.99 Å². The van der Waals surface area contributed by atoms with Gasteiger partial charge in [-0.05, 0) is 57.5 Å². The number of hydrogen-bond donors (Lipinski definition) is 0. The summed E-state index contributed by atoms with van der Waals surface area (Å²) in [5.74, 6) is 0.845. The van der Waals surface area contributed by atoms with E-state index in [0.29, 0.717) is 0 Å². The van der Waals surface area contributed by atoms with Crippen molar-refractivity contribution in [1.82, 2.24) is 4.90 Å². The first-order chi connectivity index (χ1) is 7.61. The van der Waals surface area contributed by atoms with Crippen LogP contribution in [0.4, 0.5) is 5.69 Å². The molecule has 0 aliphatic heterocycles. The Labute approximate surface area is 102 Å². The summed E-state index contributed by atoms with van der Waals surface area (Å²) in [6.45, 7) is 2.93. The van der Waals surface area contributed by atoms with Crippen molar-refractivity contribution < 1.29 is 4.74 Å². The van der Waals surface area contributed by atoms with E-state index in [-0.39, 0.29) is 6.10 Å². The minimum Gasteiger partial charge on any atom is -0.489 e. The average Bonchev–Trinajstić information content (AvgIpc) is 2.20. The van der Waals surface area contributed by atoms with Gasteiger partial charge in [-0.3, -0.25) is 0 Å². The van der Waals surface area contributed by atoms with E-state index in [9.17, 15) is 0 Å². The predicted octanol–water partition coefficient (Wildman–Crippen LogP) is 2.75. The first-order valence-electron chi connectivity index (χ1n) is 5.11. The van der Waals surface area contributed by atoms with Gasteiger partial charge in [0.15, 0.2) is 0 Å². The number of aliphatic imine (C=N–C) groups is 1. The Kier molecular flexibility index (Phi) is 5.12. The third-order valence-electron chi connectivity index (χ3n) is 1.97. The van der Waals surface area contributed by atoms with E-state index in [4.69, 9.17) is 4.74 Å². The molecule has 0 unspecified atom stereocenters. The summed E-state index contributed by atoms with van der Waals surface area (Å²) in [4.78, 5) is 5.97. The van der Waals surface area contributed by atoms with Crippen LogP contribution in [-0.4, -0.2) is 36.8 Å². The van der Waals surface area contributed by atoms with Crippen LogP contribution >= 0.6 is 12.2 Å². The topological polar surface area (TPSA) is 24.8 Å². The van der Waals surface area contributed by atoms with Crippen molar-refractivity contribution in [3.63, 3.8) is 0 Å². The summed E-state index contributed by atoms with van der Waals surface area (Å²) >= 11 is 4.53. The molecule has 0 fully saturated rings. The highest BCUT2D eigenvalue weighted by Crippen LogP contribution is 2.18. The monoisotopic (exact) mass is 236 g/mol. The molecule has 0 amide bonds. The van der Waals surface area contributed by atoms with Gasteiger partial charge in [0.05, 0.1) is 10.8 Å². The van der Waals surface area contributed by atoms with E-state index >= 15 is 0 Å². The van der Waals surface area contributed by atoms with E-state index in [1.165, 1.54) is 0 Å². The van der Waals surface area contributed by atoms with E-state index < -0.39 is 0 Å². The van der Waals surface area contributed by atoms with E-state index in [0.717, 1.165) is 18.0 Å². The van der Waals surface area contributed by atoms with Crippen LogP contribution in [0, 0.1) is 0 Å². The van der Waals surface area contributed by atoms with Crippen molar-refractivity contribution in [3.05, 3.63) is 24.3 Å². The third-order valence-corrected chi connectivity index (χ3v) is 2.06. The maximum atomic E-state index is 5.73. The molecule has 0 saturated heterocycles. The van der Waals surface area contributed by atoms with Gasteiger partial charge in [0.25, 0.3) is 0 Å². The van der Waals surface area contributed by atoms with Gasteiger partial charge in [-0.1, -0.05) is 0 Å². The largest absolute Gasteiger partial charge is 0.489 e. The van der Waals surface area contributed by atoms with Crippen LogP contribution in [0.1, 0.15) is 6.92 Å². The maximum absolute atomic E-state index is 5.73. The third kappa shape index (κ3) is 4.53. The normalized spacial score (nSPS) is 12.0. The second kappa shape index (κ2) is 6.38. The molecule has 0 aliphatic rings. The number of isothiocyanates is 1. The molecule has 1 aromatic carbocycles. The molecule has 0 spiro atoms. The standard InChI is InChI=1S/C12H16N2OS/c1-10(8-14(2)3)15-12-6-4-11(5-7-12)13-9-16/h4-7,10H,8H2,1-3H3/t10-/m1/s1. The Morgan fingerprint density at radius 1 is 1.38 bits per heavy atom. The molecule has 1 atom stereocenters. The second-order valence-electron chi connectivity index (χ2n) is 3.89. The molecule has 0 aromatic heterocycles. The van der Waals surface area contributed by atoms with Crippen LogP contribution in [0.2, 0.25) is 0 Å². The SMILES string of the molecule is C[C@H](CN(C)C)Oc1ccc(N=C=S)cc1. The van der Waals surface area contributed by atoms with E-state index in [1.54, 1.807) is 0 Å². The number of likely N-dealkylation sites (N-methyl/N-ethyl adjacent to an activating group) is 1. The van der Waals surface area contributed by atoms with E-state index in [1.807, 2.05) is 45.3 Å². The molecule has 0 heterocycles. The number of hydrogen-bond acceptors (Lipinski definition) is 4. The highest BCUT2D eigenvalue weighted by Gasteiger charge is 2.04. The van der Waals surface area contributed by atoms with E-state index in [2.05, 4.69) is 27.3 Å². The summed E-state index contributed by atoms with van der Waals surface area (Å²) in [7, 11) is 4.05. The van der Waals surface area contributed by atoms with Crippen molar-refractivity contribution in [2.75, 3.05) is 20.6 Å². The molecule has 4 heteroatoms. The molecule has 3 nitrogen and oxygen atoms in total. The van der Waals surface area contributed by atoms with Crippen LogP contribution in [0.5, 0.6) is 5.75 Å². The minimum absolute atomic E-state index is 0.162. The minimum atomic E-state index is 0.162. The first-order valence-corrected chi connectivity index (χ1v) is 5.52. The lowest BCUT2D eigenvalue weighted by molar-refractivity contribution is 0.177. The first kappa shape index (κ1) is 12.8. The zero-order chi connectivity index (χ0) is 12.0. The zero-order valence-electron chi connectivity index (χ0n) is 9.80. The molecule has 0 N–H and O–H groups in total. The van der Waals surface area contributed by atoms with Crippen LogP contribution in [0.15, 0.2) is 29.3 Å². The molecule has 86 valence electrons. The molecule has 0 saturated carbocycles. The maximum Gasteiger partial charge on any atom is 0.119 e. The van der Waals surface area contributed by atoms with Gasteiger partial charge in [-0.2, -0.15) is 4.99 Å². The fourth-order valence-electron chi connectivity index (χ4n) is 1.44. The summed E-state index contributed by atoms with van der Waals surface area (Å²) in [6.07, 6.45) is 0.162. The number of ether oxygens (including phenoxy) is 1. The van der Waals surface area contributed by atoms with Gasteiger partial charge >= 0.3 is 0 Å². The lowest BCUT2D eigenvalue weighted by Gasteiger charge is -2.18. The smallest absolute Gasteiger partial charge is 0.119 e. The lowest BCUT2D eigenvalue weighted by atomic mass is 10.3. The van der Waals surface area contributed by atoms with Gasteiger partial charge in [-0.15, -0.1) is 0 Å². The highest BCUT2D eigenvalue weighted by molar-refractivity contribution is 7.78. The predicted molar refractivity (Wildman–Crippen MR) is 69.8 cm³/mol. The number of nitrogens with zero attached hydrogens (tertiary/aromatic N) is 2. The Balaban J connectivity index is 2.57. The van der Waals surface area contributed by atoms with Gasteiger partial charge in [0.1, 0.15) is 11.9 Å². The average molecular weight is 236 g/mol. The molecule has 0 bridgehead atoms. The van der Waals surface area contributed by atoms with Crippen LogP contribution in [-0.2, 0) is 0 Å². The highest BCUT2D eigenvalue weighted by atomic mass is 32.1. The van der Waals surface area contributed by atoms with Crippen molar-refractivity contribution in [1.29, 1.82) is 0 Å². The summed E-state index contributed by atoms with van der Waals surface area (Å²) in [6, 6.07) is 7.49. The number of rotatable bonds is 5. The Morgan fingerprint density at radius 2 is 2.00 bits per heavy atom. The molecule has 1 rings (SSSR count). The zero-order valence-corrected chi connectivity index (χ0v) is 10.6. The lowest BCUT2D eigenvalue weighted by Crippen LogP contribution is -2.27. The number of thiocarbonyl (C=S) groups is 1. The molecular weight excluding hydrogens is 220 g/mol. The quantitative estimate of drug-likeness (QED) is 0.580. The summed E-state index contributed by atoms with van der Waals surface area (Å²) in [5.41, 5.74) is 0.794. The number of benzene rings is 1. The van der Waals surface area contributed by atoms with Gasteiger partial charge < -0.3 is 9.64 Å². The van der Waals surface area contributed by atoms with Gasteiger partial charge in [0, 0.05) is 6.54 Å². The molecule has 0 radical (unpaired) electrons. The van der Waals surface area contributed by atoms with Gasteiger partial charge in [-0.25, -0.2) is 0 Å². The second-order valence-corrected chi connectivity index (χ2v) is 4.07. The Hall–Kier alpha value is -1.22. The van der Waals surface area contributed by atoms with Crippen molar-refractivity contribution in [2.45, 2.75) is 13.0 Å².